The predicted molar refractivity (Wildman–Crippen MR) is 169 cm³/mol. The molecule has 0 radical (unpaired) electrons. The van der Waals surface area contributed by atoms with Gasteiger partial charge in [-0.3, -0.25) is 13.9 Å². The molecule has 3 aromatic rings. The van der Waals surface area contributed by atoms with E-state index in [9.17, 15) is 18.0 Å². The van der Waals surface area contributed by atoms with Gasteiger partial charge in [0.1, 0.15) is 12.6 Å². The van der Waals surface area contributed by atoms with Gasteiger partial charge >= 0.3 is 0 Å². The van der Waals surface area contributed by atoms with Gasteiger partial charge in [-0.05, 0) is 67.1 Å². The van der Waals surface area contributed by atoms with Crippen molar-refractivity contribution in [3.8, 4) is 0 Å². The van der Waals surface area contributed by atoms with Crippen molar-refractivity contribution in [3.63, 3.8) is 0 Å². The third-order valence-electron chi connectivity index (χ3n) is 7.64. The van der Waals surface area contributed by atoms with Crippen LogP contribution in [0.4, 0.5) is 5.69 Å². The second kappa shape index (κ2) is 13.9. The molecule has 1 N–H and O–H groups in total. The fourth-order valence-electron chi connectivity index (χ4n) is 5.34. The molecule has 1 unspecified atom stereocenters. The van der Waals surface area contributed by atoms with E-state index in [1.807, 2.05) is 49.4 Å². The minimum Gasteiger partial charge on any atom is -0.352 e. The molecule has 3 aromatic carbocycles. The van der Waals surface area contributed by atoms with Gasteiger partial charge in [0, 0.05) is 29.1 Å². The number of halogens is 2. The van der Waals surface area contributed by atoms with Gasteiger partial charge < -0.3 is 10.2 Å². The van der Waals surface area contributed by atoms with E-state index in [0.717, 1.165) is 47.4 Å². The Kier molecular flexibility index (Phi) is 10.6. The summed E-state index contributed by atoms with van der Waals surface area (Å²) in [6, 6.07) is 19.1. The van der Waals surface area contributed by atoms with Crippen LogP contribution in [-0.2, 0) is 32.6 Å². The summed E-state index contributed by atoms with van der Waals surface area (Å²) in [7, 11) is -3.85. The molecule has 0 spiro atoms. The Morgan fingerprint density at radius 2 is 1.67 bits per heavy atom. The number of nitrogens with one attached hydrogen (secondary N) is 1. The molecule has 42 heavy (non-hydrogen) atoms. The lowest BCUT2D eigenvalue weighted by Crippen LogP contribution is -2.54. The number of nitrogens with zero attached hydrogens (tertiary/aromatic N) is 2. The maximum Gasteiger partial charge on any atom is 0.244 e. The van der Waals surface area contributed by atoms with Crippen LogP contribution in [0.15, 0.2) is 66.7 Å². The molecule has 1 atom stereocenters. The first-order valence-electron chi connectivity index (χ1n) is 14.0. The van der Waals surface area contributed by atoms with Gasteiger partial charge in [-0.15, -0.1) is 0 Å². The van der Waals surface area contributed by atoms with Crippen LogP contribution in [0.2, 0.25) is 10.0 Å². The smallest absolute Gasteiger partial charge is 0.244 e. The molecule has 4 rings (SSSR count). The average molecular weight is 631 g/mol. The topological polar surface area (TPSA) is 86.8 Å². The largest absolute Gasteiger partial charge is 0.352 e. The van der Waals surface area contributed by atoms with Gasteiger partial charge in [-0.25, -0.2) is 8.42 Å². The van der Waals surface area contributed by atoms with Crippen molar-refractivity contribution >= 4 is 50.7 Å². The second-order valence-corrected chi connectivity index (χ2v) is 13.8. The van der Waals surface area contributed by atoms with E-state index < -0.39 is 28.5 Å². The molecule has 224 valence electrons. The van der Waals surface area contributed by atoms with E-state index in [1.54, 1.807) is 31.2 Å². The van der Waals surface area contributed by atoms with Crippen molar-refractivity contribution in [1.82, 2.24) is 10.2 Å². The summed E-state index contributed by atoms with van der Waals surface area (Å²) in [5.41, 5.74) is 3.47. The molecule has 7 nitrogen and oxygen atoms in total. The fourth-order valence-corrected chi connectivity index (χ4v) is 6.70. The van der Waals surface area contributed by atoms with Crippen molar-refractivity contribution in [2.24, 2.45) is 0 Å². The summed E-state index contributed by atoms with van der Waals surface area (Å²) >= 11 is 12.7. The Morgan fingerprint density at radius 1 is 0.976 bits per heavy atom. The lowest BCUT2D eigenvalue weighted by molar-refractivity contribution is -0.140. The van der Waals surface area contributed by atoms with Gasteiger partial charge in [-0.1, -0.05) is 84.6 Å². The van der Waals surface area contributed by atoms with Crippen LogP contribution in [0, 0.1) is 13.8 Å². The molecule has 10 heteroatoms. The van der Waals surface area contributed by atoms with Crippen LogP contribution in [0.5, 0.6) is 0 Å². The summed E-state index contributed by atoms with van der Waals surface area (Å²) in [5.74, 6) is -0.795. The van der Waals surface area contributed by atoms with Gasteiger partial charge in [0.25, 0.3) is 0 Å². The summed E-state index contributed by atoms with van der Waals surface area (Å²) in [6.07, 6.45) is 5.17. The molecule has 0 heterocycles. The molecule has 1 fully saturated rings. The van der Waals surface area contributed by atoms with Gasteiger partial charge in [0.15, 0.2) is 0 Å². The first-order valence-corrected chi connectivity index (χ1v) is 16.7. The minimum absolute atomic E-state index is 0.00513. The maximum absolute atomic E-state index is 14.3. The number of carbonyl (C=O) groups excluding carboxylic acids is 2. The lowest BCUT2D eigenvalue weighted by atomic mass is 10.0. The van der Waals surface area contributed by atoms with Crippen LogP contribution in [0.1, 0.15) is 47.9 Å². The van der Waals surface area contributed by atoms with Gasteiger partial charge in [-0.2, -0.15) is 0 Å². The average Bonchev–Trinajstić information content (AvgIpc) is 3.44. The first kappa shape index (κ1) is 31.9. The monoisotopic (exact) mass is 629 g/mol. The van der Waals surface area contributed by atoms with Gasteiger partial charge in [0.05, 0.1) is 11.9 Å². The number of amides is 2. The number of aryl methyl sites for hydroxylation is 2. The highest BCUT2D eigenvalue weighted by molar-refractivity contribution is 7.92. The van der Waals surface area contributed by atoms with Gasteiger partial charge in [0.2, 0.25) is 21.8 Å². The van der Waals surface area contributed by atoms with Crippen LogP contribution >= 0.6 is 23.2 Å². The Balaban J connectivity index is 1.77. The highest BCUT2D eigenvalue weighted by Gasteiger charge is 2.34. The highest BCUT2D eigenvalue weighted by Crippen LogP contribution is 2.27. The van der Waals surface area contributed by atoms with Crippen molar-refractivity contribution < 1.29 is 18.0 Å². The van der Waals surface area contributed by atoms with Crippen molar-refractivity contribution in [1.29, 1.82) is 0 Å². The van der Waals surface area contributed by atoms with Crippen molar-refractivity contribution in [2.45, 2.75) is 64.6 Å². The molecule has 0 aromatic heterocycles. The standard InChI is InChI=1S/C32H37Cl2N3O4S/c1-22-13-14-23(2)29(17-22)37(42(3,40)41)21-31(38)36(20-25-15-16-26(33)19-28(25)34)30(18-24-9-5-4-6-10-24)32(39)35-27-11-7-8-12-27/h4-6,9-10,13-17,19,27,30H,7-8,11-12,18,20-21H2,1-3H3,(H,35,39). The number of rotatable bonds is 11. The second-order valence-electron chi connectivity index (χ2n) is 11.0. The summed E-state index contributed by atoms with van der Waals surface area (Å²) in [4.78, 5) is 29.7. The highest BCUT2D eigenvalue weighted by atomic mass is 35.5. The zero-order chi connectivity index (χ0) is 30.4. The SMILES string of the molecule is Cc1ccc(C)c(N(CC(=O)N(Cc2ccc(Cl)cc2Cl)C(Cc2ccccc2)C(=O)NC2CCCC2)S(C)(=O)=O)c1. The number of hydrogen-bond donors (Lipinski definition) is 1. The van der Waals surface area contributed by atoms with E-state index in [0.29, 0.717) is 26.9 Å². The van der Waals surface area contributed by atoms with E-state index in [1.165, 1.54) is 4.90 Å². The van der Waals surface area contributed by atoms with Crippen LogP contribution in [0.25, 0.3) is 0 Å². The van der Waals surface area contributed by atoms with E-state index in [4.69, 9.17) is 23.2 Å². The molecule has 1 saturated carbocycles. The molecule has 0 bridgehead atoms. The molecule has 1 aliphatic rings. The predicted octanol–water partition coefficient (Wildman–Crippen LogP) is 6.08. The number of sulfonamides is 1. The van der Waals surface area contributed by atoms with Crippen LogP contribution < -0.4 is 9.62 Å². The third kappa shape index (κ3) is 8.27. The zero-order valence-electron chi connectivity index (χ0n) is 24.1. The lowest BCUT2D eigenvalue weighted by Gasteiger charge is -2.34. The maximum atomic E-state index is 14.3. The Hall–Kier alpha value is -3.07. The molecule has 0 aliphatic heterocycles. The molecular weight excluding hydrogens is 593 g/mol. The quantitative estimate of drug-likeness (QED) is 0.279. The number of carbonyl (C=O) groups is 2. The van der Waals surface area contributed by atoms with Crippen LogP contribution in [0.3, 0.4) is 0 Å². The van der Waals surface area contributed by atoms with Crippen LogP contribution in [-0.4, -0.2) is 50.0 Å². The number of hydrogen-bond acceptors (Lipinski definition) is 4. The van der Waals surface area contributed by atoms with Crippen molar-refractivity contribution in [3.05, 3.63) is 99.0 Å². The summed E-state index contributed by atoms with van der Waals surface area (Å²) in [6.45, 7) is 3.18. The Labute approximate surface area is 258 Å². The molecule has 2 amide bonds. The molecular formula is C32H37Cl2N3O4S. The Bertz CT molecular complexity index is 1530. The molecule has 0 saturated heterocycles. The minimum atomic E-state index is -3.85. The fraction of sp³-hybridized carbons (Fsp3) is 0.375. The normalized spacial score (nSPS) is 14.4. The third-order valence-corrected chi connectivity index (χ3v) is 9.35. The number of benzene rings is 3. The number of anilines is 1. The van der Waals surface area contributed by atoms with E-state index >= 15 is 0 Å². The zero-order valence-corrected chi connectivity index (χ0v) is 26.5. The van der Waals surface area contributed by atoms with Crippen molar-refractivity contribution in [2.75, 3.05) is 17.1 Å². The van der Waals surface area contributed by atoms with E-state index in [2.05, 4.69) is 5.32 Å². The Morgan fingerprint density at radius 3 is 2.31 bits per heavy atom. The molecule has 1 aliphatic carbocycles. The van der Waals surface area contributed by atoms with E-state index in [-0.39, 0.29) is 24.9 Å². The summed E-state index contributed by atoms with van der Waals surface area (Å²) in [5, 5.41) is 3.95. The summed E-state index contributed by atoms with van der Waals surface area (Å²) < 4.78 is 27.3. The first-order chi connectivity index (χ1) is 19.9.